The smallest absolute Gasteiger partial charge is 0.462 e. The highest BCUT2D eigenvalue weighted by molar-refractivity contribution is 7.47. The van der Waals surface area contributed by atoms with E-state index in [-0.39, 0.29) is 25.7 Å². The number of esters is 4. The monoisotopic (exact) mass is 1420 g/mol. The van der Waals surface area contributed by atoms with Gasteiger partial charge in [-0.1, -0.05) is 350 Å². The van der Waals surface area contributed by atoms with E-state index in [0.717, 1.165) is 120 Å². The average molecular weight is 1420 g/mol. The molecule has 0 radical (unpaired) electrons. The van der Waals surface area contributed by atoms with Crippen LogP contribution in [0.25, 0.3) is 0 Å². The molecule has 3 N–H and O–H groups in total. The predicted octanol–water partition coefficient (Wildman–Crippen LogP) is 23.0. The number of ether oxygens (including phenoxy) is 4. The summed E-state index contributed by atoms with van der Waals surface area (Å²) in [5.41, 5.74) is 0. The maximum Gasteiger partial charge on any atom is 0.472 e. The summed E-state index contributed by atoms with van der Waals surface area (Å²) in [5.74, 6) is 0.325. The van der Waals surface area contributed by atoms with Crippen molar-refractivity contribution in [3.8, 4) is 0 Å². The number of phosphoric ester groups is 2. The number of aliphatic hydroxyl groups excluding tert-OH is 1. The summed E-state index contributed by atoms with van der Waals surface area (Å²) in [6.45, 7) is 12.0. The van der Waals surface area contributed by atoms with Crippen LogP contribution in [0.3, 0.4) is 0 Å². The van der Waals surface area contributed by atoms with Crippen LogP contribution in [0.2, 0.25) is 0 Å². The molecule has 0 aliphatic heterocycles. The molecule has 0 spiro atoms. The van der Waals surface area contributed by atoms with E-state index in [1.54, 1.807) is 0 Å². The second-order valence-electron chi connectivity index (χ2n) is 29.1. The molecule has 19 heteroatoms. The molecule has 0 saturated carbocycles. The van der Waals surface area contributed by atoms with E-state index in [4.69, 9.17) is 37.0 Å². The van der Waals surface area contributed by atoms with Crippen LogP contribution in [0.1, 0.15) is 402 Å². The molecule has 0 fully saturated rings. The standard InChI is InChI=1S/C78H152O17P2/c1-8-11-12-13-35-45-52-59-75(80)88-65-73(94-78(83)62-55-48-41-34-28-27-31-38-44-51-58-71(7)10-3)67-92-96(84,85)90-63-72(79)64-91-97(86,87)93-68-74(66-89-76(81)60-53-46-39-32-26-22-23-29-36-42-49-56-69(4)5)95-77(82)61-54-47-40-33-25-21-19-17-15-14-16-18-20-24-30-37-43-50-57-70(6)9-2/h69-74,79H,8-68H2,1-7H3,(H,84,85)(H,86,87)/t70?,71?,72-,73+,74+/m0/s1. The van der Waals surface area contributed by atoms with Gasteiger partial charge >= 0.3 is 39.5 Å². The van der Waals surface area contributed by atoms with Crippen LogP contribution in [0, 0.1) is 17.8 Å². The van der Waals surface area contributed by atoms with Gasteiger partial charge < -0.3 is 33.8 Å². The molecule has 17 nitrogen and oxygen atoms in total. The summed E-state index contributed by atoms with van der Waals surface area (Å²) in [4.78, 5) is 72.7. The lowest BCUT2D eigenvalue weighted by Crippen LogP contribution is -2.30. The summed E-state index contributed by atoms with van der Waals surface area (Å²) in [7, 11) is -9.91. The van der Waals surface area contributed by atoms with Crippen LogP contribution in [-0.4, -0.2) is 96.7 Å². The van der Waals surface area contributed by atoms with Gasteiger partial charge in [-0.3, -0.25) is 37.3 Å². The molecule has 97 heavy (non-hydrogen) atoms. The van der Waals surface area contributed by atoms with Gasteiger partial charge in [-0.2, -0.15) is 0 Å². The van der Waals surface area contributed by atoms with Crippen molar-refractivity contribution in [1.82, 2.24) is 0 Å². The first-order valence-electron chi connectivity index (χ1n) is 40.4. The van der Waals surface area contributed by atoms with Crippen LogP contribution in [0.5, 0.6) is 0 Å². The Morgan fingerprint density at radius 1 is 0.299 bits per heavy atom. The lowest BCUT2D eigenvalue weighted by molar-refractivity contribution is -0.161. The van der Waals surface area contributed by atoms with Crippen LogP contribution in [-0.2, 0) is 65.4 Å². The van der Waals surface area contributed by atoms with Gasteiger partial charge in [0.2, 0.25) is 0 Å². The maximum atomic E-state index is 13.1. The first kappa shape index (κ1) is 95.1. The number of carbonyl (C=O) groups is 4. The molecule has 0 aliphatic carbocycles. The highest BCUT2D eigenvalue weighted by atomic mass is 31.2. The second kappa shape index (κ2) is 68.5. The zero-order valence-electron chi connectivity index (χ0n) is 63.5. The maximum absolute atomic E-state index is 13.1. The molecule has 4 unspecified atom stereocenters. The van der Waals surface area contributed by atoms with Gasteiger partial charge in [0.25, 0.3) is 0 Å². The molecule has 0 amide bonds. The molecule has 0 aromatic carbocycles. The number of hydrogen-bond donors (Lipinski definition) is 3. The molecular weight excluding hydrogens is 1270 g/mol. The quantitative estimate of drug-likeness (QED) is 0.0222. The van der Waals surface area contributed by atoms with E-state index in [1.807, 2.05) is 0 Å². The molecule has 0 bridgehead atoms. The molecule has 0 aliphatic rings. The number of rotatable bonds is 76. The minimum Gasteiger partial charge on any atom is -0.462 e. The van der Waals surface area contributed by atoms with Gasteiger partial charge in [-0.25, -0.2) is 9.13 Å². The SMILES string of the molecule is CCCCCCCCCC(=O)OC[C@H](COP(=O)(O)OC[C@H](O)COP(=O)(O)OC[C@@H](COC(=O)CCCCCCCCCCCCCC(C)C)OC(=O)CCCCCCCCCCCCCCCCCCCCC(C)CC)OC(=O)CCCCCCCCCCCCC(C)CC. The van der Waals surface area contributed by atoms with E-state index in [9.17, 15) is 43.2 Å². The minimum atomic E-state index is -4.96. The van der Waals surface area contributed by atoms with Crippen molar-refractivity contribution in [2.75, 3.05) is 39.6 Å². The third kappa shape index (κ3) is 69.5. The Morgan fingerprint density at radius 2 is 0.526 bits per heavy atom. The summed E-state index contributed by atoms with van der Waals surface area (Å²) in [5, 5.41) is 10.6. The largest absolute Gasteiger partial charge is 0.472 e. The van der Waals surface area contributed by atoms with E-state index in [2.05, 4.69) is 48.5 Å². The van der Waals surface area contributed by atoms with Crippen LogP contribution in [0.15, 0.2) is 0 Å². The van der Waals surface area contributed by atoms with Crippen LogP contribution < -0.4 is 0 Å². The molecule has 576 valence electrons. The molecule has 0 aromatic rings. The number of phosphoric acid groups is 2. The zero-order valence-corrected chi connectivity index (χ0v) is 65.3. The van der Waals surface area contributed by atoms with Gasteiger partial charge in [0.1, 0.15) is 19.3 Å². The topological polar surface area (TPSA) is 237 Å². The van der Waals surface area contributed by atoms with Gasteiger partial charge in [0, 0.05) is 25.7 Å². The fourth-order valence-electron chi connectivity index (χ4n) is 11.9. The van der Waals surface area contributed by atoms with Gasteiger partial charge in [-0.05, 0) is 43.4 Å². The van der Waals surface area contributed by atoms with E-state index < -0.39 is 97.5 Å². The van der Waals surface area contributed by atoms with E-state index in [0.29, 0.717) is 25.7 Å². The highest BCUT2D eigenvalue weighted by Crippen LogP contribution is 2.45. The average Bonchev–Trinajstić information content (AvgIpc) is 1.87. The third-order valence-electron chi connectivity index (χ3n) is 18.9. The first-order chi connectivity index (χ1) is 46.8. The molecule has 7 atom stereocenters. The van der Waals surface area contributed by atoms with Crippen LogP contribution >= 0.6 is 15.6 Å². The Morgan fingerprint density at radius 3 is 0.784 bits per heavy atom. The summed E-state index contributed by atoms with van der Waals surface area (Å²) < 4.78 is 68.5. The number of hydrogen-bond acceptors (Lipinski definition) is 15. The van der Waals surface area contributed by atoms with Gasteiger partial charge in [0.05, 0.1) is 26.4 Å². The molecule has 0 rings (SSSR count). The van der Waals surface area contributed by atoms with E-state index >= 15 is 0 Å². The van der Waals surface area contributed by atoms with Crippen molar-refractivity contribution in [3.63, 3.8) is 0 Å². The lowest BCUT2D eigenvalue weighted by Gasteiger charge is -2.21. The van der Waals surface area contributed by atoms with Crippen molar-refractivity contribution in [1.29, 1.82) is 0 Å². The first-order valence-corrected chi connectivity index (χ1v) is 43.4. The van der Waals surface area contributed by atoms with Crippen molar-refractivity contribution in [2.24, 2.45) is 17.8 Å². The Labute approximate surface area is 594 Å². The third-order valence-corrected chi connectivity index (χ3v) is 20.8. The molecule has 0 saturated heterocycles. The Hall–Kier alpha value is -1.94. The second-order valence-corrected chi connectivity index (χ2v) is 32.0. The van der Waals surface area contributed by atoms with Gasteiger partial charge in [0.15, 0.2) is 12.2 Å². The molecule has 0 aromatic heterocycles. The molecule has 0 heterocycles. The highest BCUT2D eigenvalue weighted by Gasteiger charge is 2.30. The minimum absolute atomic E-state index is 0.106. The van der Waals surface area contributed by atoms with Crippen molar-refractivity contribution >= 4 is 39.5 Å². The number of aliphatic hydroxyl groups is 1. The fraction of sp³-hybridized carbons (Fsp3) is 0.949. The summed E-state index contributed by atoms with van der Waals surface area (Å²) >= 11 is 0. The van der Waals surface area contributed by atoms with Crippen molar-refractivity contribution in [3.05, 3.63) is 0 Å². The Balaban J connectivity index is 5.16. The fourth-order valence-corrected chi connectivity index (χ4v) is 13.5. The number of carbonyl (C=O) groups excluding carboxylic acids is 4. The Kier molecular flexibility index (Phi) is 67.1. The normalized spacial score (nSPS) is 14.6. The predicted molar refractivity (Wildman–Crippen MR) is 395 cm³/mol. The van der Waals surface area contributed by atoms with Crippen molar-refractivity contribution in [2.45, 2.75) is 420 Å². The summed E-state index contributed by atoms with van der Waals surface area (Å²) in [6, 6.07) is 0. The van der Waals surface area contributed by atoms with Crippen LogP contribution in [0.4, 0.5) is 0 Å². The Bertz CT molecular complexity index is 1890. The number of unbranched alkanes of at least 4 members (excludes halogenated alkanes) is 42. The zero-order chi connectivity index (χ0) is 71.6. The molecular formula is C78H152O17P2. The van der Waals surface area contributed by atoms with E-state index in [1.165, 1.54) is 199 Å². The lowest BCUT2D eigenvalue weighted by atomic mass is 9.99. The van der Waals surface area contributed by atoms with Crippen molar-refractivity contribution < 1.29 is 80.2 Å². The summed E-state index contributed by atoms with van der Waals surface area (Å²) in [6.07, 6.45) is 55.6. The van der Waals surface area contributed by atoms with Gasteiger partial charge in [-0.15, -0.1) is 0 Å².